The molecule has 1 N–H and O–H groups in total. The SMILES string of the molecule is O=C(O)c1ccc(CN2CCc3sccc3C2)s1. The van der Waals surface area contributed by atoms with Gasteiger partial charge in [0.25, 0.3) is 0 Å². The van der Waals surface area contributed by atoms with Gasteiger partial charge in [-0.1, -0.05) is 0 Å². The Hall–Kier alpha value is -1.17. The number of carbonyl (C=O) groups is 1. The number of aromatic carboxylic acids is 1. The van der Waals surface area contributed by atoms with Crippen LogP contribution >= 0.6 is 22.7 Å². The number of carboxylic acids is 1. The smallest absolute Gasteiger partial charge is 0.345 e. The van der Waals surface area contributed by atoms with Gasteiger partial charge in [0, 0.05) is 29.4 Å². The van der Waals surface area contributed by atoms with Crippen molar-refractivity contribution in [1.29, 1.82) is 0 Å². The largest absolute Gasteiger partial charge is 0.477 e. The molecule has 94 valence electrons. The molecule has 0 aromatic carbocycles. The average Bonchev–Trinajstić information content (AvgIpc) is 2.96. The van der Waals surface area contributed by atoms with Gasteiger partial charge >= 0.3 is 5.97 Å². The molecule has 18 heavy (non-hydrogen) atoms. The minimum atomic E-state index is -0.829. The Labute approximate surface area is 113 Å². The van der Waals surface area contributed by atoms with E-state index in [4.69, 9.17) is 5.11 Å². The molecule has 5 heteroatoms. The molecular weight excluding hydrogens is 266 g/mol. The highest BCUT2D eigenvalue weighted by atomic mass is 32.1. The fourth-order valence-electron chi connectivity index (χ4n) is 2.24. The average molecular weight is 279 g/mol. The van der Waals surface area contributed by atoms with Gasteiger partial charge in [-0.15, -0.1) is 22.7 Å². The van der Waals surface area contributed by atoms with Crippen molar-refractivity contribution in [3.63, 3.8) is 0 Å². The lowest BCUT2D eigenvalue weighted by molar-refractivity contribution is 0.0702. The van der Waals surface area contributed by atoms with Gasteiger partial charge < -0.3 is 5.11 Å². The molecule has 2 aromatic heterocycles. The molecule has 0 saturated carbocycles. The molecule has 0 unspecified atom stereocenters. The van der Waals surface area contributed by atoms with E-state index in [1.165, 1.54) is 21.8 Å². The Morgan fingerprint density at radius 2 is 2.28 bits per heavy atom. The monoisotopic (exact) mass is 279 g/mol. The van der Waals surface area contributed by atoms with Crippen molar-refractivity contribution < 1.29 is 9.90 Å². The zero-order valence-corrected chi connectivity index (χ0v) is 11.4. The maximum absolute atomic E-state index is 10.8. The fourth-order valence-corrected chi connectivity index (χ4v) is 4.02. The van der Waals surface area contributed by atoms with Crippen molar-refractivity contribution in [2.24, 2.45) is 0 Å². The summed E-state index contributed by atoms with van der Waals surface area (Å²) >= 11 is 3.22. The van der Waals surface area contributed by atoms with Crippen molar-refractivity contribution in [3.05, 3.63) is 43.8 Å². The topological polar surface area (TPSA) is 40.5 Å². The van der Waals surface area contributed by atoms with Gasteiger partial charge in [-0.3, -0.25) is 4.90 Å². The Morgan fingerprint density at radius 3 is 3.06 bits per heavy atom. The molecular formula is C13H13NO2S2. The predicted molar refractivity (Wildman–Crippen MR) is 73.4 cm³/mol. The molecule has 3 rings (SSSR count). The summed E-state index contributed by atoms with van der Waals surface area (Å²) in [5, 5.41) is 11.1. The van der Waals surface area contributed by atoms with Crippen LogP contribution in [0.15, 0.2) is 23.6 Å². The van der Waals surface area contributed by atoms with Gasteiger partial charge in [-0.25, -0.2) is 4.79 Å². The first kappa shape index (κ1) is 11.9. The second-order valence-electron chi connectivity index (χ2n) is 4.40. The standard InChI is InChI=1S/C13H13NO2S2/c15-13(16)12-2-1-10(18-12)8-14-5-3-11-9(7-14)4-6-17-11/h1-2,4,6H,3,5,7-8H2,(H,15,16). The number of fused-ring (bicyclic) bond motifs is 1. The van der Waals surface area contributed by atoms with Crippen LogP contribution in [-0.4, -0.2) is 22.5 Å². The summed E-state index contributed by atoms with van der Waals surface area (Å²) in [7, 11) is 0. The first-order chi connectivity index (χ1) is 8.72. The van der Waals surface area contributed by atoms with E-state index in [1.54, 1.807) is 6.07 Å². The van der Waals surface area contributed by atoms with E-state index >= 15 is 0 Å². The van der Waals surface area contributed by atoms with Crippen LogP contribution in [0.2, 0.25) is 0 Å². The third kappa shape index (κ3) is 2.34. The highest BCUT2D eigenvalue weighted by molar-refractivity contribution is 7.13. The summed E-state index contributed by atoms with van der Waals surface area (Å²) in [4.78, 5) is 16.3. The molecule has 3 nitrogen and oxygen atoms in total. The summed E-state index contributed by atoms with van der Waals surface area (Å²) in [5.41, 5.74) is 1.43. The number of hydrogen-bond acceptors (Lipinski definition) is 4. The second kappa shape index (κ2) is 4.84. The number of rotatable bonds is 3. The number of nitrogens with zero attached hydrogens (tertiary/aromatic N) is 1. The first-order valence-corrected chi connectivity index (χ1v) is 7.51. The zero-order valence-electron chi connectivity index (χ0n) is 9.76. The number of carboxylic acid groups (broad SMARTS) is 1. The van der Waals surface area contributed by atoms with E-state index in [2.05, 4.69) is 16.3 Å². The summed E-state index contributed by atoms with van der Waals surface area (Å²) in [5.74, 6) is -0.829. The van der Waals surface area contributed by atoms with Crippen LogP contribution in [0.25, 0.3) is 0 Å². The van der Waals surface area contributed by atoms with Crippen LogP contribution < -0.4 is 0 Å². The van der Waals surface area contributed by atoms with Crippen molar-refractivity contribution >= 4 is 28.6 Å². The lowest BCUT2D eigenvalue weighted by Crippen LogP contribution is -2.28. The van der Waals surface area contributed by atoms with E-state index in [0.29, 0.717) is 4.88 Å². The van der Waals surface area contributed by atoms with Gasteiger partial charge in [0.15, 0.2) is 0 Å². The van der Waals surface area contributed by atoms with Crippen LogP contribution in [0.1, 0.15) is 25.0 Å². The van der Waals surface area contributed by atoms with Crippen LogP contribution in [0.3, 0.4) is 0 Å². The Morgan fingerprint density at radius 1 is 1.39 bits per heavy atom. The van der Waals surface area contributed by atoms with E-state index in [0.717, 1.165) is 30.9 Å². The van der Waals surface area contributed by atoms with Gasteiger partial charge in [-0.2, -0.15) is 0 Å². The molecule has 0 atom stereocenters. The van der Waals surface area contributed by atoms with E-state index in [1.807, 2.05) is 17.4 Å². The van der Waals surface area contributed by atoms with Gasteiger partial charge in [0.05, 0.1) is 0 Å². The molecule has 2 aromatic rings. The molecule has 0 spiro atoms. The normalized spacial score (nSPS) is 15.6. The van der Waals surface area contributed by atoms with E-state index in [9.17, 15) is 4.79 Å². The quantitative estimate of drug-likeness (QED) is 0.938. The highest BCUT2D eigenvalue weighted by Crippen LogP contribution is 2.26. The van der Waals surface area contributed by atoms with E-state index < -0.39 is 5.97 Å². The number of thiophene rings is 2. The minimum Gasteiger partial charge on any atom is -0.477 e. The van der Waals surface area contributed by atoms with Crippen molar-refractivity contribution in [3.8, 4) is 0 Å². The number of hydrogen-bond donors (Lipinski definition) is 1. The summed E-state index contributed by atoms with van der Waals surface area (Å²) in [6.45, 7) is 2.90. The highest BCUT2D eigenvalue weighted by Gasteiger charge is 2.18. The van der Waals surface area contributed by atoms with Crippen LogP contribution in [0.4, 0.5) is 0 Å². The third-order valence-electron chi connectivity index (χ3n) is 3.14. The summed E-state index contributed by atoms with van der Waals surface area (Å²) in [6, 6.07) is 5.82. The minimum absolute atomic E-state index is 0.429. The molecule has 1 aliphatic rings. The summed E-state index contributed by atoms with van der Waals surface area (Å²) < 4.78 is 0. The molecule has 0 bridgehead atoms. The van der Waals surface area contributed by atoms with E-state index in [-0.39, 0.29) is 0 Å². The zero-order chi connectivity index (χ0) is 12.5. The Balaban J connectivity index is 1.68. The van der Waals surface area contributed by atoms with Crippen molar-refractivity contribution in [1.82, 2.24) is 4.90 Å². The van der Waals surface area contributed by atoms with Crippen LogP contribution in [0, 0.1) is 0 Å². The van der Waals surface area contributed by atoms with Crippen molar-refractivity contribution in [2.75, 3.05) is 6.54 Å². The lowest BCUT2D eigenvalue weighted by atomic mass is 10.1. The van der Waals surface area contributed by atoms with Gasteiger partial charge in [0.2, 0.25) is 0 Å². The predicted octanol–water partition coefficient (Wildman–Crippen LogP) is 3.07. The molecule has 0 radical (unpaired) electrons. The lowest BCUT2D eigenvalue weighted by Gasteiger charge is -2.26. The van der Waals surface area contributed by atoms with Gasteiger partial charge in [0.1, 0.15) is 4.88 Å². The molecule has 3 heterocycles. The Kier molecular flexibility index (Phi) is 3.20. The second-order valence-corrected chi connectivity index (χ2v) is 6.57. The summed E-state index contributed by atoms with van der Waals surface area (Å²) in [6.07, 6.45) is 1.12. The maximum atomic E-state index is 10.8. The van der Waals surface area contributed by atoms with Gasteiger partial charge in [-0.05, 0) is 35.6 Å². The fraction of sp³-hybridized carbons (Fsp3) is 0.308. The maximum Gasteiger partial charge on any atom is 0.345 e. The third-order valence-corrected chi connectivity index (χ3v) is 5.22. The first-order valence-electron chi connectivity index (χ1n) is 5.82. The molecule has 1 aliphatic heterocycles. The molecule has 0 amide bonds. The molecule has 0 saturated heterocycles. The van der Waals surface area contributed by atoms with Crippen molar-refractivity contribution in [2.45, 2.75) is 19.5 Å². The molecule has 0 fully saturated rings. The molecule has 0 aliphatic carbocycles. The van der Waals surface area contributed by atoms with Crippen LogP contribution in [0.5, 0.6) is 0 Å². The van der Waals surface area contributed by atoms with Crippen LogP contribution in [-0.2, 0) is 19.5 Å². The Bertz CT molecular complexity index is 573.